The molecule has 0 fully saturated rings. The topological polar surface area (TPSA) is 44.9 Å². The number of aromatic amines is 1. The smallest absolute Gasteiger partial charge is 0.221 e. The summed E-state index contributed by atoms with van der Waals surface area (Å²) < 4.78 is 13.8. The lowest BCUT2D eigenvalue weighted by molar-refractivity contribution is -0.121. The second-order valence-corrected chi connectivity index (χ2v) is 6.48. The number of H-pyrrole nitrogens is 1. The van der Waals surface area contributed by atoms with Crippen molar-refractivity contribution in [3.63, 3.8) is 0 Å². The van der Waals surface area contributed by atoms with Gasteiger partial charge >= 0.3 is 0 Å². The average Bonchev–Trinajstić information content (AvgIpc) is 3.03. The fourth-order valence-electron chi connectivity index (χ4n) is 3.13. The van der Waals surface area contributed by atoms with Gasteiger partial charge in [0.2, 0.25) is 5.91 Å². The number of rotatable bonds is 6. The van der Waals surface area contributed by atoms with Crippen LogP contribution in [0.2, 0.25) is 0 Å². The fraction of sp³-hybridized carbons (Fsp3) is 0.286. The molecule has 3 nitrogen and oxygen atoms in total. The van der Waals surface area contributed by atoms with Crippen LogP contribution in [0.5, 0.6) is 0 Å². The maximum Gasteiger partial charge on any atom is 0.221 e. The first-order valence-electron chi connectivity index (χ1n) is 8.69. The zero-order chi connectivity index (χ0) is 17.8. The number of amides is 1. The normalized spacial score (nSPS) is 13.6. The van der Waals surface area contributed by atoms with Gasteiger partial charge in [0.15, 0.2) is 0 Å². The van der Waals surface area contributed by atoms with Crippen molar-refractivity contribution in [2.24, 2.45) is 0 Å². The van der Waals surface area contributed by atoms with E-state index in [1.807, 2.05) is 50.4 Å². The van der Waals surface area contributed by atoms with Crippen LogP contribution in [0.4, 0.5) is 4.39 Å². The molecule has 0 unspecified atom stereocenters. The zero-order valence-corrected chi connectivity index (χ0v) is 14.6. The lowest BCUT2D eigenvalue weighted by atomic mass is 9.88. The number of carbonyl (C=O) groups excluding carboxylic acids is 1. The molecule has 2 aromatic carbocycles. The summed E-state index contributed by atoms with van der Waals surface area (Å²) in [5, 5.41) is 4.07. The van der Waals surface area contributed by atoms with Gasteiger partial charge in [-0.1, -0.05) is 37.3 Å². The Labute approximate surface area is 147 Å². The molecule has 25 heavy (non-hydrogen) atoms. The van der Waals surface area contributed by atoms with Gasteiger partial charge in [-0.05, 0) is 42.7 Å². The van der Waals surface area contributed by atoms with Crippen LogP contribution in [0.1, 0.15) is 43.7 Å². The number of para-hydroxylation sites is 1. The monoisotopic (exact) mass is 338 g/mol. The Morgan fingerprint density at radius 3 is 2.76 bits per heavy atom. The van der Waals surface area contributed by atoms with Crippen LogP contribution in [-0.2, 0) is 4.79 Å². The van der Waals surface area contributed by atoms with Gasteiger partial charge in [-0.25, -0.2) is 4.39 Å². The Bertz CT molecular complexity index is 871. The van der Waals surface area contributed by atoms with E-state index in [0.717, 1.165) is 28.5 Å². The SMILES string of the molecule is CC[C@H](C)NC(=O)C[C@H](c1cccc(F)c1)c1c[nH]c2ccccc12. The molecule has 1 heterocycles. The number of aromatic nitrogens is 1. The van der Waals surface area contributed by atoms with Crippen molar-refractivity contribution in [1.29, 1.82) is 0 Å². The number of fused-ring (bicyclic) bond motifs is 1. The van der Waals surface area contributed by atoms with Gasteiger partial charge in [0, 0.05) is 35.5 Å². The highest BCUT2D eigenvalue weighted by Gasteiger charge is 2.22. The summed E-state index contributed by atoms with van der Waals surface area (Å²) in [7, 11) is 0. The van der Waals surface area contributed by atoms with Crippen molar-refractivity contribution in [2.45, 2.75) is 38.6 Å². The number of halogens is 1. The van der Waals surface area contributed by atoms with Crippen LogP contribution >= 0.6 is 0 Å². The van der Waals surface area contributed by atoms with Crippen molar-refractivity contribution in [2.75, 3.05) is 0 Å². The summed E-state index contributed by atoms with van der Waals surface area (Å²) in [6.07, 6.45) is 3.09. The van der Waals surface area contributed by atoms with Gasteiger partial charge in [-0.3, -0.25) is 4.79 Å². The molecule has 0 saturated heterocycles. The molecule has 3 aromatic rings. The highest BCUT2D eigenvalue weighted by molar-refractivity contribution is 5.86. The standard InChI is InChI=1S/C21H23FN2O/c1-3-14(2)24-21(25)12-18(15-7-6-8-16(22)11-15)19-13-23-20-10-5-4-9-17(19)20/h4-11,13-14,18,23H,3,12H2,1-2H3,(H,24,25)/t14-,18+/m0/s1. The van der Waals surface area contributed by atoms with Crippen LogP contribution < -0.4 is 5.32 Å². The molecule has 0 aliphatic rings. The first-order chi connectivity index (χ1) is 12.1. The van der Waals surface area contributed by atoms with Crippen molar-refractivity contribution in [3.05, 3.63) is 71.7 Å². The Morgan fingerprint density at radius 1 is 1.20 bits per heavy atom. The van der Waals surface area contributed by atoms with Gasteiger partial charge in [0.05, 0.1) is 0 Å². The predicted molar refractivity (Wildman–Crippen MR) is 99.1 cm³/mol. The van der Waals surface area contributed by atoms with Crippen LogP contribution in [0.15, 0.2) is 54.7 Å². The Morgan fingerprint density at radius 2 is 2.00 bits per heavy atom. The average molecular weight is 338 g/mol. The van der Waals surface area contributed by atoms with Crippen molar-refractivity contribution in [1.82, 2.24) is 10.3 Å². The molecule has 4 heteroatoms. The molecular formula is C21H23FN2O. The predicted octanol–water partition coefficient (Wildman–Crippen LogP) is 4.74. The quantitative estimate of drug-likeness (QED) is 0.670. The highest BCUT2D eigenvalue weighted by atomic mass is 19.1. The zero-order valence-electron chi connectivity index (χ0n) is 14.6. The van der Waals surface area contributed by atoms with Crippen LogP contribution in [0, 0.1) is 5.82 Å². The summed E-state index contributed by atoms with van der Waals surface area (Å²) in [4.78, 5) is 15.7. The Balaban J connectivity index is 1.99. The van der Waals surface area contributed by atoms with Crippen molar-refractivity contribution < 1.29 is 9.18 Å². The van der Waals surface area contributed by atoms with E-state index in [4.69, 9.17) is 0 Å². The molecule has 130 valence electrons. The summed E-state index contributed by atoms with van der Waals surface area (Å²) in [5.74, 6) is -0.505. The van der Waals surface area contributed by atoms with E-state index in [1.165, 1.54) is 12.1 Å². The highest BCUT2D eigenvalue weighted by Crippen LogP contribution is 2.33. The Hall–Kier alpha value is -2.62. The summed E-state index contributed by atoms with van der Waals surface area (Å²) in [6, 6.07) is 14.6. The minimum absolute atomic E-state index is 0.0195. The second-order valence-electron chi connectivity index (χ2n) is 6.48. The van der Waals surface area contributed by atoms with E-state index >= 15 is 0 Å². The Kier molecular flexibility index (Phi) is 5.17. The number of carbonyl (C=O) groups is 1. The maximum atomic E-state index is 13.8. The summed E-state index contributed by atoms with van der Waals surface area (Å²) >= 11 is 0. The molecular weight excluding hydrogens is 315 g/mol. The largest absolute Gasteiger partial charge is 0.361 e. The first kappa shape index (κ1) is 17.2. The van der Waals surface area contributed by atoms with Crippen LogP contribution in [0.25, 0.3) is 10.9 Å². The lowest BCUT2D eigenvalue weighted by Crippen LogP contribution is -2.33. The van der Waals surface area contributed by atoms with E-state index in [1.54, 1.807) is 6.07 Å². The molecule has 0 spiro atoms. The summed E-state index contributed by atoms with van der Waals surface area (Å²) in [6.45, 7) is 4.02. The van der Waals surface area contributed by atoms with Crippen molar-refractivity contribution >= 4 is 16.8 Å². The first-order valence-corrected chi connectivity index (χ1v) is 8.69. The molecule has 0 bridgehead atoms. The van der Waals surface area contributed by atoms with Gasteiger partial charge in [-0.15, -0.1) is 0 Å². The molecule has 3 rings (SSSR count). The molecule has 2 atom stereocenters. The second kappa shape index (κ2) is 7.51. The lowest BCUT2D eigenvalue weighted by Gasteiger charge is -2.19. The maximum absolute atomic E-state index is 13.8. The molecule has 0 aliphatic heterocycles. The van der Waals surface area contributed by atoms with Gasteiger partial charge in [0.1, 0.15) is 5.82 Å². The summed E-state index contributed by atoms with van der Waals surface area (Å²) in [5.41, 5.74) is 2.84. The third kappa shape index (κ3) is 3.90. The molecule has 0 radical (unpaired) electrons. The molecule has 1 amide bonds. The van der Waals surface area contributed by atoms with E-state index in [0.29, 0.717) is 0 Å². The third-order valence-electron chi connectivity index (χ3n) is 4.66. The van der Waals surface area contributed by atoms with E-state index in [2.05, 4.69) is 10.3 Å². The van der Waals surface area contributed by atoms with E-state index in [-0.39, 0.29) is 30.1 Å². The number of benzene rings is 2. The number of hydrogen-bond donors (Lipinski definition) is 2. The number of hydrogen-bond acceptors (Lipinski definition) is 1. The molecule has 2 N–H and O–H groups in total. The number of nitrogens with one attached hydrogen (secondary N) is 2. The minimum atomic E-state index is -0.287. The van der Waals surface area contributed by atoms with Crippen LogP contribution in [-0.4, -0.2) is 16.9 Å². The molecule has 1 aromatic heterocycles. The minimum Gasteiger partial charge on any atom is -0.361 e. The van der Waals surface area contributed by atoms with Gasteiger partial charge in [-0.2, -0.15) is 0 Å². The molecule has 0 aliphatic carbocycles. The molecule has 0 saturated carbocycles. The van der Waals surface area contributed by atoms with Gasteiger partial charge < -0.3 is 10.3 Å². The fourth-order valence-corrected chi connectivity index (χ4v) is 3.13. The van der Waals surface area contributed by atoms with E-state index in [9.17, 15) is 9.18 Å². The van der Waals surface area contributed by atoms with E-state index < -0.39 is 0 Å². The van der Waals surface area contributed by atoms with Gasteiger partial charge in [0.25, 0.3) is 0 Å². The van der Waals surface area contributed by atoms with Crippen molar-refractivity contribution in [3.8, 4) is 0 Å². The third-order valence-corrected chi connectivity index (χ3v) is 4.66. The van der Waals surface area contributed by atoms with Crippen LogP contribution in [0.3, 0.4) is 0 Å².